The number of hydrogen-bond acceptors (Lipinski definition) is 2. The summed E-state index contributed by atoms with van der Waals surface area (Å²) in [5, 5.41) is 0. The van der Waals surface area contributed by atoms with E-state index in [1.807, 2.05) is 6.07 Å². The normalized spacial score (nSPS) is 12.3. The van der Waals surface area contributed by atoms with Crippen LogP contribution in [0.2, 0.25) is 0 Å². The van der Waals surface area contributed by atoms with Gasteiger partial charge in [-0.15, -0.1) is 6.58 Å². The van der Waals surface area contributed by atoms with Crippen molar-refractivity contribution in [1.29, 1.82) is 0 Å². The van der Waals surface area contributed by atoms with Gasteiger partial charge < -0.3 is 4.74 Å². The van der Waals surface area contributed by atoms with Crippen molar-refractivity contribution in [1.82, 2.24) is 0 Å². The highest BCUT2D eigenvalue weighted by molar-refractivity contribution is 9.11. The van der Waals surface area contributed by atoms with Crippen molar-refractivity contribution in [2.75, 3.05) is 0 Å². The summed E-state index contributed by atoms with van der Waals surface area (Å²) in [4.78, 5) is 13.4. The molecule has 0 heterocycles. The van der Waals surface area contributed by atoms with Crippen molar-refractivity contribution in [3.05, 3.63) is 59.6 Å². The summed E-state index contributed by atoms with van der Waals surface area (Å²) in [5.41, 5.74) is 0.555. The van der Waals surface area contributed by atoms with Gasteiger partial charge in [0, 0.05) is 6.42 Å². The summed E-state index contributed by atoms with van der Waals surface area (Å²) in [6, 6.07) is 8.92. The van der Waals surface area contributed by atoms with Crippen molar-refractivity contribution >= 4 is 21.9 Å². The molecular formula is C13H13BrO2. The van der Waals surface area contributed by atoms with E-state index in [1.165, 1.54) is 0 Å². The fraction of sp³-hybridized carbons (Fsp3) is 0.154. The van der Waals surface area contributed by atoms with Gasteiger partial charge in [-0.2, -0.15) is 0 Å². The molecule has 2 nitrogen and oxygen atoms in total. The fourth-order valence-electron chi connectivity index (χ4n) is 1.19. The third-order valence-electron chi connectivity index (χ3n) is 1.95. The molecule has 84 valence electrons. The first kappa shape index (κ1) is 12.7. The molecule has 0 radical (unpaired) electrons. The summed E-state index contributed by atoms with van der Waals surface area (Å²) < 4.78 is 5.29. The smallest absolute Gasteiger partial charge is 0.338 e. The van der Waals surface area contributed by atoms with E-state index in [1.54, 1.807) is 41.4 Å². The van der Waals surface area contributed by atoms with Gasteiger partial charge in [0.1, 0.15) is 6.10 Å². The Morgan fingerprint density at radius 2 is 2.12 bits per heavy atom. The van der Waals surface area contributed by atoms with E-state index in [4.69, 9.17) is 4.74 Å². The van der Waals surface area contributed by atoms with Crippen molar-refractivity contribution in [3.63, 3.8) is 0 Å². The number of esters is 1. The molecule has 0 spiro atoms. The molecule has 0 saturated heterocycles. The lowest BCUT2D eigenvalue weighted by Gasteiger charge is -2.11. The second-order valence-electron chi connectivity index (χ2n) is 3.15. The molecule has 0 aliphatic heterocycles. The third-order valence-corrected chi connectivity index (χ3v) is 2.26. The number of benzene rings is 1. The van der Waals surface area contributed by atoms with Gasteiger partial charge in [0.05, 0.1) is 5.56 Å². The van der Waals surface area contributed by atoms with E-state index in [0.717, 1.165) is 0 Å². The Balaban J connectivity index is 2.65. The van der Waals surface area contributed by atoms with Crippen LogP contribution in [0.1, 0.15) is 16.8 Å². The fourth-order valence-corrected chi connectivity index (χ4v) is 1.53. The Bertz CT molecular complexity index is 371. The summed E-state index contributed by atoms with van der Waals surface area (Å²) >= 11 is 3.16. The molecule has 16 heavy (non-hydrogen) atoms. The van der Waals surface area contributed by atoms with E-state index in [9.17, 15) is 4.79 Å². The maximum absolute atomic E-state index is 11.7. The van der Waals surface area contributed by atoms with E-state index in [-0.39, 0.29) is 12.1 Å². The van der Waals surface area contributed by atoms with Crippen molar-refractivity contribution in [2.45, 2.75) is 12.5 Å². The van der Waals surface area contributed by atoms with Crippen LogP contribution in [0.5, 0.6) is 0 Å². The van der Waals surface area contributed by atoms with Crippen LogP contribution < -0.4 is 0 Å². The number of ether oxygens (including phenoxy) is 1. The summed E-state index contributed by atoms with van der Waals surface area (Å²) in [7, 11) is 0. The number of hydrogen-bond donors (Lipinski definition) is 0. The zero-order valence-electron chi connectivity index (χ0n) is 8.80. The first-order chi connectivity index (χ1) is 7.77. The van der Waals surface area contributed by atoms with Crippen LogP contribution in [0.15, 0.2) is 54.0 Å². The molecule has 0 aliphatic rings. The Morgan fingerprint density at radius 1 is 1.44 bits per heavy atom. The van der Waals surface area contributed by atoms with Crippen LogP contribution in [0.4, 0.5) is 0 Å². The minimum Gasteiger partial charge on any atom is -0.454 e. The Labute approximate surface area is 104 Å². The molecular weight excluding hydrogens is 268 g/mol. The molecule has 3 heteroatoms. The molecule has 0 aromatic heterocycles. The van der Waals surface area contributed by atoms with Crippen molar-refractivity contribution in [3.8, 4) is 0 Å². The van der Waals surface area contributed by atoms with Crippen LogP contribution in [0.25, 0.3) is 0 Å². The van der Waals surface area contributed by atoms with Crippen LogP contribution in [0.3, 0.4) is 0 Å². The van der Waals surface area contributed by atoms with Gasteiger partial charge in [-0.05, 0) is 23.2 Å². The summed E-state index contributed by atoms with van der Waals surface area (Å²) in [6.45, 7) is 3.62. The Morgan fingerprint density at radius 3 is 2.69 bits per heavy atom. The van der Waals surface area contributed by atoms with Crippen LogP contribution in [-0.4, -0.2) is 12.1 Å². The molecule has 1 aromatic carbocycles. The monoisotopic (exact) mass is 280 g/mol. The lowest BCUT2D eigenvalue weighted by Crippen LogP contribution is -2.15. The van der Waals surface area contributed by atoms with E-state index in [0.29, 0.717) is 12.0 Å². The molecule has 0 fully saturated rings. The molecule has 0 N–H and O–H groups in total. The largest absolute Gasteiger partial charge is 0.454 e. The minimum atomic E-state index is -0.321. The van der Waals surface area contributed by atoms with Gasteiger partial charge >= 0.3 is 5.97 Å². The van der Waals surface area contributed by atoms with Crippen LogP contribution in [-0.2, 0) is 4.74 Å². The van der Waals surface area contributed by atoms with Gasteiger partial charge in [0.25, 0.3) is 0 Å². The molecule has 0 unspecified atom stereocenters. The Kier molecular flexibility index (Phi) is 5.57. The lowest BCUT2D eigenvalue weighted by atomic mass is 10.2. The second-order valence-corrected chi connectivity index (χ2v) is 3.68. The molecule has 1 rings (SSSR count). The maximum Gasteiger partial charge on any atom is 0.338 e. The van der Waals surface area contributed by atoms with Crippen LogP contribution in [0, 0.1) is 0 Å². The SMILES string of the molecule is C=CC[C@@H](/C=C/Br)OC(=O)c1ccccc1. The highest BCUT2D eigenvalue weighted by atomic mass is 79.9. The third kappa shape index (κ3) is 4.03. The molecule has 1 aromatic rings. The zero-order valence-corrected chi connectivity index (χ0v) is 10.4. The average molecular weight is 281 g/mol. The molecule has 0 saturated carbocycles. The second kappa shape index (κ2) is 7.01. The van der Waals surface area contributed by atoms with Gasteiger partial charge in [0.15, 0.2) is 0 Å². The molecule has 0 amide bonds. The Hall–Kier alpha value is -1.35. The maximum atomic E-state index is 11.7. The number of halogens is 1. The van der Waals surface area contributed by atoms with E-state index in [2.05, 4.69) is 22.5 Å². The minimum absolute atomic E-state index is 0.274. The van der Waals surface area contributed by atoms with Crippen LogP contribution >= 0.6 is 15.9 Å². The van der Waals surface area contributed by atoms with Gasteiger partial charge in [-0.3, -0.25) is 0 Å². The highest BCUT2D eigenvalue weighted by Crippen LogP contribution is 2.08. The predicted octanol–water partition coefficient (Wildman–Crippen LogP) is 3.70. The highest BCUT2D eigenvalue weighted by Gasteiger charge is 2.11. The lowest BCUT2D eigenvalue weighted by molar-refractivity contribution is 0.0400. The molecule has 1 atom stereocenters. The topological polar surface area (TPSA) is 26.3 Å². The standard InChI is InChI=1S/C13H13BrO2/c1-2-6-12(9-10-14)16-13(15)11-7-4-3-5-8-11/h2-5,7-10,12H,1,6H2/b10-9+/t12-/m0/s1. The van der Waals surface area contributed by atoms with Gasteiger partial charge in [0.2, 0.25) is 0 Å². The van der Waals surface area contributed by atoms with Crippen molar-refractivity contribution in [2.24, 2.45) is 0 Å². The van der Waals surface area contributed by atoms with Gasteiger partial charge in [-0.1, -0.05) is 40.2 Å². The zero-order chi connectivity index (χ0) is 11.8. The quantitative estimate of drug-likeness (QED) is 0.607. The van der Waals surface area contributed by atoms with E-state index < -0.39 is 0 Å². The van der Waals surface area contributed by atoms with Crippen molar-refractivity contribution < 1.29 is 9.53 Å². The average Bonchev–Trinajstić information content (AvgIpc) is 2.31. The first-order valence-electron chi connectivity index (χ1n) is 4.91. The number of carbonyl (C=O) groups is 1. The summed E-state index contributed by atoms with van der Waals surface area (Å²) in [6.07, 6.45) is 3.81. The summed E-state index contributed by atoms with van der Waals surface area (Å²) in [5.74, 6) is -0.321. The molecule has 0 bridgehead atoms. The first-order valence-corrected chi connectivity index (χ1v) is 5.83. The molecule has 0 aliphatic carbocycles. The number of carbonyl (C=O) groups excluding carboxylic acids is 1. The predicted molar refractivity (Wildman–Crippen MR) is 68.5 cm³/mol. The van der Waals surface area contributed by atoms with E-state index >= 15 is 0 Å². The number of rotatable bonds is 5. The van der Waals surface area contributed by atoms with Gasteiger partial charge in [-0.25, -0.2) is 4.79 Å².